The van der Waals surface area contributed by atoms with Crippen LogP contribution in [0.2, 0.25) is 0 Å². The minimum atomic E-state index is 0.390. The van der Waals surface area contributed by atoms with Gasteiger partial charge in [0.2, 0.25) is 0 Å². The molecular weight excluding hydrogens is 308 g/mol. The normalized spacial score (nSPS) is 17.4. The van der Waals surface area contributed by atoms with Gasteiger partial charge in [-0.05, 0) is 19.3 Å². The second-order valence-electron chi connectivity index (χ2n) is 8.01. The fourth-order valence-electron chi connectivity index (χ4n) is 3.74. The minimum absolute atomic E-state index is 0.390. The van der Waals surface area contributed by atoms with Crippen molar-refractivity contribution < 1.29 is 9.47 Å². The summed E-state index contributed by atoms with van der Waals surface area (Å²) in [5.74, 6) is 0. The van der Waals surface area contributed by atoms with Crippen LogP contribution in [0, 0.1) is 0 Å². The van der Waals surface area contributed by atoms with Crippen LogP contribution in [0.4, 0.5) is 0 Å². The molecule has 1 heterocycles. The van der Waals surface area contributed by atoms with Gasteiger partial charge in [-0.3, -0.25) is 0 Å². The van der Waals surface area contributed by atoms with Gasteiger partial charge in [-0.25, -0.2) is 0 Å². The van der Waals surface area contributed by atoms with Gasteiger partial charge >= 0.3 is 0 Å². The molecule has 0 amide bonds. The van der Waals surface area contributed by atoms with E-state index in [1.54, 1.807) is 0 Å². The van der Waals surface area contributed by atoms with Crippen molar-refractivity contribution in [2.24, 2.45) is 0 Å². The molecule has 1 rings (SSSR count). The van der Waals surface area contributed by atoms with Crippen LogP contribution in [-0.2, 0) is 9.47 Å². The fourth-order valence-corrected chi connectivity index (χ4v) is 3.74. The summed E-state index contributed by atoms with van der Waals surface area (Å²) in [6.45, 7) is 4.98. The Kier molecular flexibility index (Phi) is 17.2. The zero-order valence-electron chi connectivity index (χ0n) is 17.2. The van der Waals surface area contributed by atoms with Gasteiger partial charge in [0.1, 0.15) is 0 Å². The highest BCUT2D eigenvalue weighted by molar-refractivity contribution is 4.63. The maximum atomic E-state index is 5.71. The molecule has 25 heavy (non-hydrogen) atoms. The summed E-state index contributed by atoms with van der Waals surface area (Å²) in [5, 5.41) is 0. The van der Waals surface area contributed by atoms with E-state index >= 15 is 0 Å². The Hall–Kier alpha value is -0.0800. The summed E-state index contributed by atoms with van der Waals surface area (Å²) < 4.78 is 11.3. The molecule has 1 saturated heterocycles. The van der Waals surface area contributed by atoms with E-state index in [4.69, 9.17) is 9.47 Å². The van der Waals surface area contributed by atoms with E-state index < -0.39 is 0 Å². The SMILES string of the molecule is CCCCCCCCCCCCCCCCCCOC[C@@H]1CCCO1. The van der Waals surface area contributed by atoms with Gasteiger partial charge in [-0.15, -0.1) is 0 Å². The Bertz CT molecular complexity index is 248. The van der Waals surface area contributed by atoms with Crippen molar-refractivity contribution in [1.29, 1.82) is 0 Å². The Morgan fingerprint density at radius 1 is 0.680 bits per heavy atom. The van der Waals surface area contributed by atoms with E-state index in [1.165, 1.54) is 116 Å². The Morgan fingerprint density at radius 2 is 1.16 bits per heavy atom. The maximum Gasteiger partial charge on any atom is 0.0809 e. The molecular formula is C23H46O2. The Balaban J connectivity index is 1.63. The van der Waals surface area contributed by atoms with Crippen LogP contribution in [0.25, 0.3) is 0 Å². The third kappa shape index (κ3) is 15.9. The molecule has 1 aliphatic rings. The number of rotatable bonds is 19. The van der Waals surface area contributed by atoms with E-state index in [9.17, 15) is 0 Å². The summed E-state index contributed by atoms with van der Waals surface area (Å²) in [6.07, 6.45) is 25.6. The lowest BCUT2D eigenvalue weighted by Crippen LogP contribution is -2.14. The summed E-state index contributed by atoms with van der Waals surface area (Å²) in [5.41, 5.74) is 0. The zero-order valence-corrected chi connectivity index (χ0v) is 17.2. The summed E-state index contributed by atoms with van der Waals surface area (Å²) in [7, 11) is 0. The van der Waals surface area contributed by atoms with Crippen LogP contribution in [0.3, 0.4) is 0 Å². The predicted molar refractivity (Wildman–Crippen MR) is 109 cm³/mol. The number of ether oxygens (including phenoxy) is 2. The molecule has 2 heteroatoms. The summed E-state index contributed by atoms with van der Waals surface area (Å²) in [6, 6.07) is 0. The van der Waals surface area contributed by atoms with E-state index in [-0.39, 0.29) is 0 Å². The Labute approximate surface area is 158 Å². The molecule has 0 aliphatic carbocycles. The second-order valence-corrected chi connectivity index (χ2v) is 8.01. The van der Waals surface area contributed by atoms with Gasteiger partial charge in [0.15, 0.2) is 0 Å². The van der Waals surface area contributed by atoms with Crippen LogP contribution >= 0.6 is 0 Å². The van der Waals surface area contributed by atoms with Gasteiger partial charge in [-0.1, -0.05) is 103 Å². The molecule has 1 atom stereocenters. The van der Waals surface area contributed by atoms with Crippen LogP contribution in [0.15, 0.2) is 0 Å². The van der Waals surface area contributed by atoms with E-state index in [0.29, 0.717) is 6.10 Å². The fraction of sp³-hybridized carbons (Fsp3) is 1.00. The highest BCUT2D eigenvalue weighted by atomic mass is 16.5. The smallest absolute Gasteiger partial charge is 0.0809 e. The quantitative estimate of drug-likeness (QED) is 0.224. The monoisotopic (exact) mass is 354 g/mol. The molecule has 0 saturated carbocycles. The van der Waals surface area contributed by atoms with Crippen molar-refractivity contribution >= 4 is 0 Å². The largest absolute Gasteiger partial charge is 0.379 e. The minimum Gasteiger partial charge on any atom is -0.379 e. The number of hydrogen-bond donors (Lipinski definition) is 0. The molecule has 0 aromatic heterocycles. The van der Waals surface area contributed by atoms with Crippen LogP contribution < -0.4 is 0 Å². The number of hydrogen-bond acceptors (Lipinski definition) is 2. The summed E-state index contributed by atoms with van der Waals surface area (Å²) in [4.78, 5) is 0. The van der Waals surface area contributed by atoms with Crippen molar-refractivity contribution in [1.82, 2.24) is 0 Å². The predicted octanol–water partition coefficient (Wildman–Crippen LogP) is 7.44. The first-order valence-corrected chi connectivity index (χ1v) is 11.6. The summed E-state index contributed by atoms with van der Waals surface area (Å²) >= 11 is 0. The highest BCUT2D eigenvalue weighted by Gasteiger charge is 2.14. The lowest BCUT2D eigenvalue weighted by atomic mass is 10.0. The topological polar surface area (TPSA) is 18.5 Å². The molecule has 0 bridgehead atoms. The van der Waals surface area contributed by atoms with E-state index in [1.807, 2.05) is 0 Å². The third-order valence-corrected chi connectivity index (χ3v) is 5.47. The van der Waals surface area contributed by atoms with Gasteiger partial charge in [-0.2, -0.15) is 0 Å². The highest BCUT2D eigenvalue weighted by Crippen LogP contribution is 2.14. The zero-order chi connectivity index (χ0) is 17.8. The van der Waals surface area contributed by atoms with Crippen LogP contribution in [0.1, 0.15) is 122 Å². The maximum absolute atomic E-state index is 5.71. The lowest BCUT2D eigenvalue weighted by molar-refractivity contribution is 0.0161. The second kappa shape index (κ2) is 18.7. The lowest BCUT2D eigenvalue weighted by Gasteiger charge is -2.09. The molecule has 0 radical (unpaired) electrons. The molecule has 1 aliphatic heterocycles. The third-order valence-electron chi connectivity index (χ3n) is 5.47. The van der Waals surface area contributed by atoms with Gasteiger partial charge in [0.25, 0.3) is 0 Å². The first kappa shape index (κ1) is 23.0. The van der Waals surface area contributed by atoms with Crippen LogP contribution in [-0.4, -0.2) is 25.9 Å². The van der Waals surface area contributed by atoms with E-state index in [2.05, 4.69) is 6.92 Å². The Morgan fingerprint density at radius 3 is 1.60 bits per heavy atom. The van der Waals surface area contributed by atoms with Gasteiger partial charge in [0, 0.05) is 13.2 Å². The van der Waals surface area contributed by atoms with Crippen molar-refractivity contribution in [3.63, 3.8) is 0 Å². The number of unbranched alkanes of at least 4 members (excludes halogenated alkanes) is 15. The average Bonchev–Trinajstić information content (AvgIpc) is 3.14. The van der Waals surface area contributed by atoms with Crippen molar-refractivity contribution in [3.8, 4) is 0 Å². The molecule has 1 fully saturated rings. The first-order valence-electron chi connectivity index (χ1n) is 11.6. The van der Waals surface area contributed by atoms with Gasteiger partial charge < -0.3 is 9.47 Å². The molecule has 0 N–H and O–H groups in total. The first-order chi connectivity index (χ1) is 12.4. The van der Waals surface area contributed by atoms with Crippen molar-refractivity contribution in [2.75, 3.05) is 19.8 Å². The van der Waals surface area contributed by atoms with Crippen molar-refractivity contribution in [3.05, 3.63) is 0 Å². The average molecular weight is 355 g/mol. The molecule has 0 spiro atoms. The van der Waals surface area contributed by atoms with Crippen LogP contribution in [0.5, 0.6) is 0 Å². The van der Waals surface area contributed by atoms with E-state index in [0.717, 1.165) is 19.8 Å². The standard InChI is InChI=1S/C23H46O2/c1-2-3-4-5-6-7-8-9-10-11-12-13-14-15-16-17-20-24-22-23-19-18-21-25-23/h23H,2-22H2,1H3/t23-/m0/s1. The van der Waals surface area contributed by atoms with Gasteiger partial charge in [0.05, 0.1) is 12.7 Å². The molecule has 0 unspecified atom stereocenters. The molecule has 150 valence electrons. The molecule has 0 aromatic rings. The molecule has 2 nitrogen and oxygen atoms in total. The van der Waals surface area contributed by atoms with Crippen molar-refractivity contribution in [2.45, 2.75) is 129 Å². The molecule has 0 aromatic carbocycles.